The summed E-state index contributed by atoms with van der Waals surface area (Å²) in [5.74, 6) is 0.0531. The number of hydrogen-bond donors (Lipinski definition) is 1. The highest BCUT2D eigenvalue weighted by Gasteiger charge is 2.06. The van der Waals surface area contributed by atoms with Crippen LogP contribution in [0.5, 0.6) is 0 Å². The van der Waals surface area contributed by atoms with E-state index in [9.17, 15) is 4.79 Å². The Kier molecular flexibility index (Phi) is 2.72. The summed E-state index contributed by atoms with van der Waals surface area (Å²) < 4.78 is 1.77. The third-order valence-corrected chi connectivity index (χ3v) is 2.32. The Morgan fingerprint density at radius 3 is 2.62 bits per heavy atom. The number of hydrogen-bond acceptors (Lipinski definition) is 3. The second-order valence-electron chi connectivity index (χ2n) is 3.73. The lowest BCUT2D eigenvalue weighted by molar-refractivity contribution is 0.0972. The normalized spacial score (nSPS) is 10.3. The number of nitrogens with two attached hydrogens (primary N) is 1. The number of aromatic nitrogens is 2. The van der Waals surface area contributed by atoms with E-state index >= 15 is 0 Å². The zero-order valence-corrected chi connectivity index (χ0v) is 9.05. The van der Waals surface area contributed by atoms with Gasteiger partial charge in [-0.3, -0.25) is 4.79 Å². The molecule has 0 unspecified atom stereocenters. The summed E-state index contributed by atoms with van der Waals surface area (Å²) in [6.07, 6.45) is 3.50. The highest BCUT2D eigenvalue weighted by Crippen LogP contribution is 2.07. The molecule has 1 aromatic heterocycles. The van der Waals surface area contributed by atoms with Crippen molar-refractivity contribution in [3.05, 3.63) is 48.0 Å². The van der Waals surface area contributed by atoms with Gasteiger partial charge in [-0.1, -0.05) is 0 Å². The molecule has 2 N–H and O–H groups in total. The minimum atomic E-state index is 0.0531. The fourth-order valence-corrected chi connectivity index (χ4v) is 1.48. The fourth-order valence-electron chi connectivity index (χ4n) is 1.48. The quantitative estimate of drug-likeness (QED) is 0.625. The van der Waals surface area contributed by atoms with E-state index < -0.39 is 0 Å². The molecular formula is C12H13N3O. The van der Waals surface area contributed by atoms with E-state index in [1.54, 1.807) is 35.2 Å². The van der Waals surface area contributed by atoms with Crippen LogP contribution in [0.3, 0.4) is 0 Å². The molecule has 4 heteroatoms. The predicted molar refractivity (Wildman–Crippen MR) is 62.1 cm³/mol. The third-order valence-electron chi connectivity index (χ3n) is 2.32. The van der Waals surface area contributed by atoms with Crippen LogP contribution in [-0.4, -0.2) is 15.3 Å². The first-order valence-corrected chi connectivity index (χ1v) is 5.02. The number of benzene rings is 1. The number of Topliss-reactive ketones (excluding diaryl/α,β-unsaturated/α-hetero) is 1. The topological polar surface area (TPSA) is 60.9 Å². The molecule has 0 bridgehead atoms. The van der Waals surface area contributed by atoms with Crippen molar-refractivity contribution in [3.8, 4) is 0 Å². The van der Waals surface area contributed by atoms with Gasteiger partial charge in [0.1, 0.15) is 0 Å². The number of nitrogens with zero attached hydrogens (tertiary/aromatic N) is 2. The van der Waals surface area contributed by atoms with E-state index in [0.29, 0.717) is 17.8 Å². The van der Waals surface area contributed by atoms with Crippen molar-refractivity contribution in [1.29, 1.82) is 0 Å². The number of carbonyl (C=O) groups excluding carboxylic acids is 1. The van der Waals surface area contributed by atoms with Crippen molar-refractivity contribution in [2.45, 2.75) is 13.5 Å². The number of imidazole rings is 1. The van der Waals surface area contributed by atoms with Gasteiger partial charge in [0.05, 0.1) is 18.6 Å². The minimum Gasteiger partial charge on any atom is -0.399 e. The van der Waals surface area contributed by atoms with Gasteiger partial charge in [-0.25, -0.2) is 4.98 Å². The Morgan fingerprint density at radius 1 is 1.38 bits per heavy atom. The highest BCUT2D eigenvalue weighted by molar-refractivity contribution is 5.96. The van der Waals surface area contributed by atoms with Crippen molar-refractivity contribution in [2.24, 2.45) is 0 Å². The van der Waals surface area contributed by atoms with Crippen LogP contribution in [0, 0.1) is 6.92 Å². The summed E-state index contributed by atoms with van der Waals surface area (Å²) >= 11 is 0. The van der Waals surface area contributed by atoms with Crippen molar-refractivity contribution in [1.82, 2.24) is 9.55 Å². The molecule has 0 atom stereocenters. The number of anilines is 1. The number of carbonyl (C=O) groups is 1. The first kappa shape index (κ1) is 10.4. The van der Waals surface area contributed by atoms with Crippen LogP contribution in [0.2, 0.25) is 0 Å². The van der Waals surface area contributed by atoms with E-state index in [1.807, 2.05) is 13.1 Å². The first-order valence-electron chi connectivity index (χ1n) is 5.02. The third kappa shape index (κ3) is 2.28. The molecule has 2 aromatic rings. The van der Waals surface area contributed by atoms with Gasteiger partial charge in [0.25, 0.3) is 0 Å². The second kappa shape index (κ2) is 4.18. The van der Waals surface area contributed by atoms with Gasteiger partial charge in [-0.15, -0.1) is 0 Å². The highest BCUT2D eigenvalue weighted by atomic mass is 16.1. The monoisotopic (exact) mass is 215 g/mol. The molecule has 0 aliphatic heterocycles. The standard InChI is InChI=1S/C12H13N3O/c1-9-6-15(8-14-9)7-12(16)10-2-4-11(13)5-3-10/h2-6,8H,7,13H2,1H3. The Bertz CT molecular complexity index is 499. The van der Waals surface area contributed by atoms with E-state index in [2.05, 4.69) is 4.98 Å². The molecule has 0 saturated heterocycles. The smallest absolute Gasteiger partial charge is 0.182 e. The Labute approximate surface area is 93.7 Å². The largest absolute Gasteiger partial charge is 0.399 e. The van der Waals surface area contributed by atoms with Crippen molar-refractivity contribution in [2.75, 3.05) is 5.73 Å². The molecule has 1 heterocycles. The molecule has 0 spiro atoms. The molecule has 0 saturated carbocycles. The average Bonchev–Trinajstić information content (AvgIpc) is 2.65. The maximum atomic E-state index is 11.8. The van der Waals surface area contributed by atoms with Crippen LogP contribution in [0.1, 0.15) is 16.1 Å². The van der Waals surface area contributed by atoms with Crippen LogP contribution in [0.15, 0.2) is 36.8 Å². The first-order chi connectivity index (χ1) is 7.65. The molecule has 16 heavy (non-hydrogen) atoms. The summed E-state index contributed by atoms with van der Waals surface area (Å²) in [5.41, 5.74) is 7.79. The number of nitrogen functional groups attached to an aromatic ring is 1. The maximum Gasteiger partial charge on any atom is 0.182 e. The van der Waals surface area contributed by atoms with Crippen LogP contribution >= 0.6 is 0 Å². The molecule has 1 aromatic carbocycles. The number of ketones is 1. The zero-order valence-electron chi connectivity index (χ0n) is 9.05. The average molecular weight is 215 g/mol. The summed E-state index contributed by atoms with van der Waals surface area (Å²) in [7, 11) is 0. The number of rotatable bonds is 3. The Morgan fingerprint density at radius 2 is 2.06 bits per heavy atom. The molecule has 0 aliphatic carbocycles. The van der Waals surface area contributed by atoms with Gasteiger partial charge in [0.2, 0.25) is 0 Å². The molecule has 2 rings (SSSR count). The van der Waals surface area contributed by atoms with Gasteiger partial charge in [-0.05, 0) is 31.2 Å². The van der Waals surface area contributed by atoms with E-state index in [4.69, 9.17) is 5.73 Å². The molecule has 82 valence electrons. The Balaban J connectivity index is 2.11. The van der Waals surface area contributed by atoms with E-state index in [-0.39, 0.29) is 5.78 Å². The van der Waals surface area contributed by atoms with E-state index in [1.165, 1.54) is 0 Å². The molecule has 0 fully saturated rings. The van der Waals surface area contributed by atoms with Crippen LogP contribution in [-0.2, 0) is 6.54 Å². The molecule has 0 radical (unpaired) electrons. The number of aryl methyl sites for hydroxylation is 1. The SMILES string of the molecule is Cc1cn(CC(=O)c2ccc(N)cc2)cn1. The minimum absolute atomic E-state index is 0.0531. The van der Waals surface area contributed by atoms with Gasteiger partial charge in [0.15, 0.2) is 5.78 Å². The summed E-state index contributed by atoms with van der Waals surface area (Å²) in [6, 6.07) is 6.93. The lowest BCUT2D eigenvalue weighted by Crippen LogP contribution is -2.08. The second-order valence-corrected chi connectivity index (χ2v) is 3.73. The molecule has 4 nitrogen and oxygen atoms in total. The fraction of sp³-hybridized carbons (Fsp3) is 0.167. The lowest BCUT2D eigenvalue weighted by atomic mass is 10.1. The molecular weight excluding hydrogens is 202 g/mol. The van der Waals surface area contributed by atoms with Crippen LogP contribution in [0.4, 0.5) is 5.69 Å². The van der Waals surface area contributed by atoms with E-state index in [0.717, 1.165) is 5.69 Å². The molecule has 0 aliphatic rings. The van der Waals surface area contributed by atoms with Crippen LogP contribution in [0.25, 0.3) is 0 Å². The van der Waals surface area contributed by atoms with Crippen molar-refractivity contribution in [3.63, 3.8) is 0 Å². The van der Waals surface area contributed by atoms with Gasteiger partial charge in [-0.2, -0.15) is 0 Å². The van der Waals surface area contributed by atoms with Gasteiger partial charge in [0, 0.05) is 17.4 Å². The zero-order chi connectivity index (χ0) is 11.5. The Hall–Kier alpha value is -2.10. The van der Waals surface area contributed by atoms with Crippen LogP contribution < -0.4 is 5.73 Å². The van der Waals surface area contributed by atoms with Crippen molar-refractivity contribution >= 4 is 11.5 Å². The van der Waals surface area contributed by atoms with Gasteiger partial charge >= 0.3 is 0 Å². The molecule has 0 amide bonds. The van der Waals surface area contributed by atoms with Gasteiger partial charge < -0.3 is 10.3 Å². The lowest BCUT2D eigenvalue weighted by Gasteiger charge is -2.02. The summed E-state index contributed by atoms with van der Waals surface area (Å²) in [5, 5.41) is 0. The predicted octanol–water partition coefficient (Wildman–Crippen LogP) is 1.66. The summed E-state index contributed by atoms with van der Waals surface area (Å²) in [4.78, 5) is 15.9. The van der Waals surface area contributed by atoms with Crippen molar-refractivity contribution < 1.29 is 4.79 Å². The summed E-state index contributed by atoms with van der Waals surface area (Å²) in [6.45, 7) is 2.20. The maximum absolute atomic E-state index is 11.8.